The number of piperidine rings is 1. The summed E-state index contributed by atoms with van der Waals surface area (Å²) in [5.41, 5.74) is 1.79. The van der Waals surface area contributed by atoms with Gasteiger partial charge >= 0.3 is 5.97 Å². The maximum absolute atomic E-state index is 13.2. The third-order valence-electron chi connectivity index (χ3n) is 6.14. The highest BCUT2D eigenvalue weighted by Crippen LogP contribution is 2.44. The molecule has 2 aliphatic heterocycles. The second-order valence-corrected chi connectivity index (χ2v) is 10.2. The van der Waals surface area contributed by atoms with E-state index in [1.165, 1.54) is 4.31 Å². The molecule has 0 unspecified atom stereocenters. The van der Waals surface area contributed by atoms with Gasteiger partial charge in [-0.25, -0.2) is 13.2 Å². The summed E-state index contributed by atoms with van der Waals surface area (Å²) in [5, 5.41) is 0. The number of rotatable bonds is 4. The predicted molar refractivity (Wildman–Crippen MR) is 119 cm³/mol. The van der Waals surface area contributed by atoms with Crippen LogP contribution in [0.25, 0.3) is 0 Å². The van der Waals surface area contributed by atoms with Crippen molar-refractivity contribution in [1.29, 1.82) is 0 Å². The molecule has 2 heterocycles. The summed E-state index contributed by atoms with van der Waals surface area (Å²) in [6.07, 6.45) is 0.868. The zero-order chi connectivity index (χ0) is 22.3. The maximum atomic E-state index is 13.2. The van der Waals surface area contributed by atoms with E-state index in [0.717, 1.165) is 11.1 Å². The topological polar surface area (TPSA) is 72.9 Å². The lowest BCUT2D eigenvalue weighted by Crippen LogP contribution is -2.45. The Morgan fingerprint density at radius 3 is 2.34 bits per heavy atom. The van der Waals surface area contributed by atoms with E-state index < -0.39 is 15.6 Å². The molecule has 0 N–H and O–H groups in total. The number of benzene rings is 3. The molecule has 0 radical (unpaired) electrons. The quantitative estimate of drug-likeness (QED) is 0.543. The largest absolute Gasteiger partial charge is 0.457 e. The van der Waals surface area contributed by atoms with E-state index in [0.29, 0.717) is 29.9 Å². The lowest BCUT2D eigenvalue weighted by Gasteiger charge is -2.37. The Hall–Kier alpha value is -3.16. The Bertz CT molecular complexity index is 1280. The fraction of sp³-hybridized carbons (Fsp3) is 0.240. The van der Waals surface area contributed by atoms with Crippen molar-refractivity contribution in [3.63, 3.8) is 0 Å². The fourth-order valence-electron chi connectivity index (χ4n) is 4.45. The molecule has 0 bridgehead atoms. The summed E-state index contributed by atoms with van der Waals surface area (Å²) in [5.74, 6) is 0.941. The van der Waals surface area contributed by atoms with Gasteiger partial charge in [0.25, 0.3) is 0 Å². The van der Waals surface area contributed by atoms with Gasteiger partial charge in [-0.3, -0.25) is 0 Å². The van der Waals surface area contributed by atoms with Crippen molar-refractivity contribution < 1.29 is 22.7 Å². The number of carbonyl (C=O) groups is 1. The normalized spacial score (nSPS) is 17.7. The molecule has 0 atom stereocenters. The summed E-state index contributed by atoms with van der Waals surface area (Å²) in [7, 11) is -3.66. The molecular formula is C25H23NO5S. The summed E-state index contributed by atoms with van der Waals surface area (Å²) in [4.78, 5) is 12.5. The molecule has 6 nitrogen and oxygen atoms in total. The van der Waals surface area contributed by atoms with Crippen LogP contribution in [0.2, 0.25) is 0 Å². The molecule has 164 valence electrons. The minimum atomic E-state index is -3.66. The first kappa shape index (κ1) is 20.7. The number of carbonyl (C=O) groups excluding carboxylic acids is 1. The van der Waals surface area contributed by atoms with Crippen molar-refractivity contribution in [3.05, 3.63) is 89.5 Å². The standard InChI is InChI=1S/C25H23NO5S/c1-18-5-4-6-20(17-18)30-19-9-11-21(12-10-19)32(28,29)26-15-13-25(14-16-26)23-8-3-2-7-22(23)24(27)31-25/h2-12,17H,13-16H2,1H3. The van der Waals surface area contributed by atoms with Crippen LogP contribution in [0.15, 0.2) is 77.7 Å². The SMILES string of the molecule is Cc1cccc(Oc2ccc(S(=O)(=O)N3CCC4(CC3)OC(=O)c3ccccc34)cc2)c1. The predicted octanol–water partition coefficient (Wildman–Crippen LogP) is 4.64. The van der Waals surface area contributed by atoms with Crippen LogP contribution in [0.4, 0.5) is 0 Å². The minimum absolute atomic E-state index is 0.217. The van der Waals surface area contributed by atoms with Gasteiger partial charge in [0.2, 0.25) is 10.0 Å². The van der Waals surface area contributed by atoms with Crippen molar-refractivity contribution in [2.75, 3.05) is 13.1 Å². The molecule has 1 fully saturated rings. The monoisotopic (exact) mass is 449 g/mol. The first-order valence-corrected chi connectivity index (χ1v) is 12.0. The molecule has 5 rings (SSSR count). The number of hydrogen-bond acceptors (Lipinski definition) is 5. The number of aryl methyl sites for hydroxylation is 1. The maximum Gasteiger partial charge on any atom is 0.339 e. The molecule has 2 aliphatic rings. The average Bonchev–Trinajstić information content (AvgIpc) is 3.06. The van der Waals surface area contributed by atoms with E-state index in [1.807, 2.05) is 49.4 Å². The van der Waals surface area contributed by atoms with E-state index in [1.54, 1.807) is 30.3 Å². The molecular weight excluding hydrogens is 426 g/mol. The van der Waals surface area contributed by atoms with Crippen LogP contribution >= 0.6 is 0 Å². The van der Waals surface area contributed by atoms with Crippen molar-refractivity contribution in [2.45, 2.75) is 30.3 Å². The Kier molecular flexibility index (Phi) is 5.03. The zero-order valence-corrected chi connectivity index (χ0v) is 18.5. The van der Waals surface area contributed by atoms with Crippen LogP contribution in [0.5, 0.6) is 11.5 Å². The Balaban J connectivity index is 1.30. The van der Waals surface area contributed by atoms with Crippen LogP contribution in [-0.4, -0.2) is 31.8 Å². The zero-order valence-electron chi connectivity index (χ0n) is 17.7. The second kappa shape index (κ2) is 7.76. The summed E-state index contributed by atoms with van der Waals surface area (Å²) >= 11 is 0. The summed E-state index contributed by atoms with van der Waals surface area (Å²) < 4.78 is 39.4. The van der Waals surface area contributed by atoms with Crippen molar-refractivity contribution >= 4 is 16.0 Å². The van der Waals surface area contributed by atoms with Gasteiger partial charge in [-0.05, 0) is 55.0 Å². The van der Waals surface area contributed by atoms with Gasteiger partial charge in [-0.2, -0.15) is 4.31 Å². The van der Waals surface area contributed by atoms with Gasteiger partial charge in [0.15, 0.2) is 0 Å². The van der Waals surface area contributed by atoms with Gasteiger partial charge < -0.3 is 9.47 Å². The Morgan fingerprint density at radius 2 is 1.62 bits per heavy atom. The number of hydrogen-bond donors (Lipinski definition) is 0. The molecule has 7 heteroatoms. The van der Waals surface area contributed by atoms with Gasteiger partial charge in [0.1, 0.15) is 17.1 Å². The van der Waals surface area contributed by atoms with Crippen LogP contribution in [0.3, 0.4) is 0 Å². The van der Waals surface area contributed by atoms with Crippen LogP contribution in [0.1, 0.15) is 34.3 Å². The van der Waals surface area contributed by atoms with Crippen molar-refractivity contribution in [2.24, 2.45) is 0 Å². The third kappa shape index (κ3) is 3.57. The number of ether oxygens (including phenoxy) is 2. The number of nitrogens with zero attached hydrogens (tertiary/aromatic N) is 1. The number of esters is 1. The highest BCUT2D eigenvalue weighted by Gasteiger charge is 2.48. The minimum Gasteiger partial charge on any atom is -0.457 e. The number of fused-ring (bicyclic) bond motifs is 2. The molecule has 0 aliphatic carbocycles. The molecule has 32 heavy (non-hydrogen) atoms. The van der Waals surface area contributed by atoms with Crippen LogP contribution in [0, 0.1) is 6.92 Å². The molecule has 0 aromatic heterocycles. The lowest BCUT2D eigenvalue weighted by molar-refractivity contribution is -0.0329. The summed E-state index contributed by atoms with van der Waals surface area (Å²) in [6.45, 7) is 2.55. The highest BCUT2D eigenvalue weighted by atomic mass is 32.2. The molecule has 1 saturated heterocycles. The average molecular weight is 450 g/mol. The number of sulfonamides is 1. The molecule has 0 amide bonds. The van der Waals surface area contributed by atoms with E-state index in [4.69, 9.17) is 9.47 Å². The second-order valence-electron chi connectivity index (χ2n) is 8.22. The fourth-order valence-corrected chi connectivity index (χ4v) is 5.89. The summed E-state index contributed by atoms with van der Waals surface area (Å²) in [6, 6.07) is 21.5. The van der Waals surface area contributed by atoms with Crippen molar-refractivity contribution in [1.82, 2.24) is 4.31 Å². The van der Waals surface area contributed by atoms with Crippen LogP contribution < -0.4 is 4.74 Å². The third-order valence-corrected chi connectivity index (χ3v) is 8.06. The Labute approximate surface area is 187 Å². The first-order chi connectivity index (χ1) is 15.4. The van der Waals surface area contributed by atoms with E-state index in [-0.39, 0.29) is 24.0 Å². The molecule has 1 spiro atoms. The molecule has 3 aromatic carbocycles. The van der Waals surface area contributed by atoms with Gasteiger partial charge in [0.05, 0.1) is 10.5 Å². The lowest BCUT2D eigenvalue weighted by atomic mass is 9.84. The smallest absolute Gasteiger partial charge is 0.339 e. The van der Waals surface area contributed by atoms with Gasteiger partial charge in [-0.1, -0.05) is 30.3 Å². The van der Waals surface area contributed by atoms with E-state index >= 15 is 0 Å². The highest BCUT2D eigenvalue weighted by molar-refractivity contribution is 7.89. The van der Waals surface area contributed by atoms with Gasteiger partial charge in [0, 0.05) is 31.5 Å². The van der Waals surface area contributed by atoms with E-state index in [9.17, 15) is 13.2 Å². The van der Waals surface area contributed by atoms with Crippen LogP contribution in [-0.2, 0) is 20.4 Å². The van der Waals surface area contributed by atoms with E-state index in [2.05, 4.69) is 0 Å². The Morgan fingerprint density at radius 1 is 0.906 bits per heavy atom. The first-order valence-electron chi connectivity index (χ1n) is 10.6. The van der Waals surface area contributed by atoms with Crippen molar-refractivity contribution in [3.8, 4) is 11.5 Å². The van der Waals surface area contributed by atoms with Gasteiger partial charge in [-0.15, -0.1) is 0 Å². The molecule has 3 aromatic rings. The molecule has 0 saturated carbocycles.